The molecule has 3 aromatic rings. The van der Waals surface area contributed by atoms with E-state index in [1.807, 2.05) is 4.90 Å². The average molecular weight is 528 g/mol. The van der Waals surface area contributed by atoms with Crippen molar-refractivity contribution in [1.29, 1.82) is 0 Å². The molecule has 1 aliphatic heterocycles. The number of H-pyrrole nitrogens is 1. The molecule has 0 radical (unpaired) electrons. The summed E-state index contributed by atoms with van der Waals surface area (Å²) in [4.78, 5) is 41.0. The van der Waals surface area contributed by atoms with Crippen LogP contribution in [0.3, 0.4) is 0 Å². The first-order valence-electron chi connectivity index (χ1n) is 14.4. The lowest BCUT2D eigenvalue weighted by atomic mass is 9.42. The number of aromatic nitrogens is 4. The summed E-state index contributed by atoms with van der Waals surface area (Å²) in [5.41, 5.74) is 4.31. The molecule has 0 spiro atoms. The number of benzene rings is 1. The second kappa shape index (κ2) is 9.33. The van der Waals surface area contributed by atoms with Crippen molar-refractivity contribution < 1.29 is 4.79 Å². The molecular weight excluding hydrogens is 490 g/mol. The Hall–Kier alpha value is -3.46. The van der Waals surface area contributed by atoms with Crippen molar-refractivity contribution in [3.05, 3.63) is 64.7 Å². The molecule has 1 aromatic carbocycles. The highest BCUT2D eigenvalue weighted by atomic mass is 16.2. The van der Waals surface area contributed by atoms with Gasteiger partial charge in [0.25, 0.3) is 0 Å². The minimum absolute atomic E-state index is 0.0149. The predicted octanol–water partition coefficient (Wildman–Crippen LogP) is 4.19. The summed E-state index contributed by atoms with van der Waals surface area (Å²) in [6.07, 6.45) is 10.5. The van der Waals surface area contributed by atoms with Gasteiger partial charge in [-0.1, -0.05) is 30.8 Å². The minimum atomic E-state index is -0.107. The van der Waals surface area contributed by atoms with E-state index in [9.17, 15) is 9.59 Å². The summed E-state index contributed by atoms with van der Waals surface area (Å²) >= 11 is 0. The summed E-state index contributed by atoms with van der Waals surface area (Å²) in [5, 5.41) is 3.43. The number of aromatic amines is 1. The van der Waals surface area contributed by atoms with Crippen LogP contribution in [0.4, 0.5) is 5.95 Å². The molecule has 1 unspecified atom stereocenters. The van der Waals surface area contributed by atoms with E-state index in [4.69, 9.17) is 0 Å². The monoisotopic (exact) mass is 527 g/mol. The molecule has 5 aliphatic rings. The lowest BCUT2D eigenvalue weighted by Gasteiger charge is -2.64. The molecular formula is C30H37N7O2. The largest absolute Gasteiger partial charge is 0.348 e. The predicted molar refractivity (Wildman–Crippen MR) is 150 cm³/mol. The summed E-state index contributed by atoms with van der Waals surface area (Å²) in [7, 11) is 0. The first-order valence-corrected chi connectivity index (χ1v) is 14.4. The first-order chi connectivity index (χ1) is 18.9. The lowest BCUT2D eigenvalue weighted by Crippen LogP contribution is -2.55. The number of carbonyl (C=O) groups excluding carboxylic acids is 1. The molecule has 1 saturated heterocycles. The van der Waals surface area contributed by atoms with E-state index in [1.54, 1.807) is 10.8 Å². The molecule has 8 rings (SSSR count). The van der Waals surface area contributed by atoms with Gasteiger partial charge in [-0.25, -0.2) is 9.78 Å². The lowest BCUT2D eigenvalue weighted by molar-refractivity contribution is -0.134. The number of fused-ring (bicyclic) bond motifs is 1. The van der Waals surface area contributed by atoms with Gasteiger partial charge in [0, 0.05) is 38.3 Å². The molecule has 3 heterocycles. The van der Waals surface area contributed by atoms with Crippen LogP contribution < -0.4 is 11.0 Å². The Morgan fingerprint density at radius 3 is 2.46 bits per heavy atom. The molecule has 9 nitrogen and oxygen atoms in total. The fourth-order valence-corrected chi connectivity index (χ4v) is 7.10. The van der Waals surface area contributed by atoms with Gasteiger partial charge >= 0.3 is 5.69 Å². The number of anilines is 1. The van der Waals surface area contributed by atoms with Crippen molar-refractivity contribution in [2.75, 3.05) is 31.5 Å². The topological polar surface area (TPSA) is 99.2 Å². The number of hydrogen-bond acceptors (Lipinski definition) is 6. The molecule has 204 valence electrons. The van der Waals surface area contributed by atoms with Gasteiger partial charge in [-0.05, 0) is 74.0 Å². The van der Waals surface area contributed by atoms with E-state index >= 15 is 0 Å². The molecule has 5 fully saturated rings. The van der Waals surface area contributed by atoms with Crippen molar-refractivity contribution in [2.24, 2.45) is 11.3 Å². The fraction of sp³-hybridized carbons (Fsp3) is 0.533. The molecule has 39 heavy (non-hydrogen) atoms. The number of amides is 1. The summed E-state index contributed by atoms with van der Waals surface area (Å²) in [6.45, 7) is 9.08. The van der Waals surface area contributed by atoms with Gasteiger partial charge in [0.15, 0.2) is 5.65 Å². The SMILES string of the molecule is C=CC(=O)N1CCN(C(CC23CC(C2)C3)c2ccc([C@H](C)Nc3ncc4[nH]c(=O)n(C5CC5)c4n3)cc2)CC1. The number of carbonyl (C=O) groups is 1. The maximum absolute atomic E-state index is 12.3. The number of rotatable bonds is 9. The standard InChI is InChI=1S/C30H37N7O2/c1-3-26(38)36-12-10-35(11-13-36)25(17-30-14-20(15-30)16-30)22-6-4-21(5-7-22)19(2)32-28-31-18-24-27(34-28)37(23-8-9-23)29(39)33-24/h3-7,18-20,23,25H,1,8-17H2,2H3,(H,33,39)(H,31,32,34)/t19-,20?,25?,30?/m0/s1. The molecule has 9 heteroatoms. The Kier molecular flexibility index (Phi) is 5.88. The van der Waals surface area contributed by atoms with E-state index in [-0.39, 0.29) is 23.7 Å². The molecule has 2 N–H and O–H groups in total. The van der Waals surface area contributed by atoms with Gasteiger partial charge in [-0.3, -0.25) is 14.3 Å². The van der Waals surface area contributed by atoms with Crippen molar-refractivity contribution in [3.8, 4) is 0 Å². The Morgan fingerprint density at radius 2 is 1.85 bits per heavy atom. The highest BCUT2D eigenvalue weighted by Crippen LogP contribution is 2.68. The van der Waals surface area contributed by atoms with E-state index < -0.39 is 0 Å². The Bertz CT molecular complexity index is 1450. The summed E-state index contributed by atoms with van der Waals surface area (Å²) < 4.78 is 1.76. The van der Waals surface area contributed by atoms with E-state index in [2.05, 4.69) is 62.9 Å². The van der Waals surface area contributed by atoms with Crippen LogP contribution in [0.15, 0.2) is 47.9 Å². The van der Waals surface area contributed by atoms with Crippen LogP contribution in [0.1, 0.15) is 74.7 Å². The fourth-order valence-electron chi connectivity index (χ4n) is 7.10. The van der Waals surface area contributed by atoms with Crippen LogP contribution >= 0.6 is 0 Å². The van der Waals surface area contributed by atoms with Crippen molar-refractivity contribution in [1.82, 2.24) is 29.3 Å². The number of imidazole rings is 1. The van der Waals surface area contributed by atoms with Crippen LogP contribution in [0.25, 0.3) is 11.2 Å². The minimum Gasteiger partial charge on any atom is -0.348 e. The van der Waals surface area contributed by atoms with Gasteiger partial charge in [0.05, 0.1) is 12.2 Å². The maximum Gasteiger partial charge on any atom is 0.327 e. The number of hydrogen-bond donors (Lipinski definition) is 2. The summed E-state index contributed by atoms with van der Waals surface area (Å²) in [5.74, 6) is 1.53. The molecule has 4 aliphatic carbocycles. The molecule has 4 saturated carbocycles. The number of piperazine rings is 1. The number of nitrogens with one attached hydrogen (secondary N) is 2. The van der Waals surface area contributed by atoms with Crippen LogP contribution in [0, 0.1) is 11.3 Å². The van der Waals surface area contributed by atoms with E-state index in [0.29, 0.717) is 28.6 Å². The normalized spacial score (nSPS) is 26.0. The third-order valence-electron chi connectivity index (χ3n) is 9.57. The maximum atomic E-state index is 12.3. The zero-order valence-corrected chi connectivity index (χ0v) is 22.6. The van der Waals surface area contributed by atoms with Crippen molar-refractivity contribution >= 4 is 23.0 Å². The Morgan fingerprint density at radius 1 is 1.15 bits per heavy atom. The molecule has 2 atom stereocenters. The smallest absolute Gasteiger partial charge is 0.327 e. The quantitative estimate of drug-likeness (QED) is 0.405. The zero-order chi connectivity index (χ0) is 26.7. The van der Waals surface area contributed by atoms with Gasteiger partial charge in [-0.2, -0.15) is 4.98 Å². The Balaban J connectivity index is 1.07. The third-order valence-corrected chi connectivity index (χ3v) is 9.57. The highest BCUT2D eigenvalue weighted by molar-refractivity contribution is 5.87. The van der Waals surface area contributed by atoms with Crippen LogP contribution in [-0.4, -0.2) is 61.4 Å². The molecule has 1 amide bonds. The third kappa shape index (κ3) is 4.46. The zero-order valence-electron chi connectivity index (χ0n) is 22.6. The van der Waals surface area contributed by atoms with E-state index in [0.717, 1.165) is 44.9 Å². The van der Waals surface area contributed by atoms with Crippen LogP contribution in [-0.2, 0) is 4.79 Å². The second-order valence-electron chi connectivity index (χ2n) is 12.3. The highest BCUT2D eigenvalue weighted by Gasteiger charge is 2.57. The van der Waals surface area contributed by atoms with E-state index in [1.165, 1.54) is 42.9 Å². The number of nitrogens with zero attached hydrogens (tertiary/aromatic N) is 5. The van der Waals surface area contributed by atoms with Crippen molar-refractivity contribution in [2.45, 2.75) is 63.6 Å². The first kappa shape index (κ1) is 24.6. The van der Waals surface area contributed by atoms with Crippen molar-refractivity contribution in [3.63, 3.8) is 0 Å². The summed E-state index contributed by atoms with van der Waals surface area (Å²) in [6, 6.07) is 9.65. The Labute approximate surface area is 228 Å². The van der Waals surface area contributed by atoms with Gasteiger partial charge in [-0.15, -0.1) is 0 Å². The van der Waals surface area contributed by atoms with Gasteiger partial charge < -0.3 is 15.2 Å². The average Bonchev–Trinajstić information content (AvgIpc) is 3.68. The van der Waals surface area contributed by atoms with Gasteiger partial charge in [0.1, 0.15) is 5.52 Å². The van der Waals surface area contributed by atoms with Crippen LogP contribution in [0.2, 0.25) is 0 Å². The molecule has 2 bridgehead atoms. The second-order valence-corrected chi connectivity index (χ2v) is 12.3. The van der Waals surface area contributed by atoms with Crippen LogP contribution in [0.5, 0.6) is 0 Å². The van der Waals surface area contributed by atoms with Gasteiger partial charge in [0.2, 0.25) is 11.9 Å². The molecule has 2 aromatic heterocycles.